The number of aliphatic carboxylic acids is 1. The van der Waals surface area contributed by atoms with Crippen LogP contribution in [0.4, 0.5) is 27.6 Å². The van der Waals surface area contributed by atoms with Crippen molar-refractivity contribution in [3.63, 3.8) is 0 Å². The van der Waals surface area contributed by atoms with E-state index in [2.05, 4.69) is 4.85 Å². The number of β-amino-alcohol motifs (C(OH)–C–C–N with tert-alkyl or cyclic N) is 1. The van der Waals surface area contributed by atoms with E-state index < -0.39 is 41.9 Å². The van der Waals surface area contributed by atoms with Crippen molar-refractivity contribution in [2.24, 2.45) is 0 Å². The van der Waals surface area contributed by atoms with E-state index in [0.29, 0.717) is 17.1 Å². The zero-order valence-corrected chi connectivity index (χ0v) is 25.3. The number of rotatable bonds is 11. The second-order valence-corrected chi connectivity index (χ2v) is 11.6. The van der Waals surface area contributed by atoms with Crippen LogP contribution in [0.2, 0.25) is 0 Å². The van der Waals surface area contributed by atoms with Crippen molar-refractivity contribution in [3.8, 4) is 11.5 Å². The highest BCUT2D eigenvalue weighted by Gasteiger charge is 2.71. The Kier molecular flexibility index (Phi) is 9.47. The Hall–Kier alpha value is -4.67. The molecule has 1 aromatic heterocycles. The highest BCUT2D eigenvalue weighted by Crippen LogP contribution is 2.51. The number of hydrogen-bond acceptors (Lipinski definition) is 5. The summed E-state index contributed by atoms with van der Waals surface area (Å²) in [5.41, 5.74) is -2.63. The molecule has 0 radical (unpaired) electrons. The van der Waals surface area contributed by atoms with Crippen molar-refractivity contribution < 1.29 is 46.4 Å². The number of ether oxygens (including phenoxy) is 2. The summed E-state index contributed by atoms with van der Waals surface area (Å²) in [5, 5.41) is 20.7. The van der Waals surface area contributed by atoms with Gasteiger partial charge in [-0.1, -0.05) is 48.5 Å². The Morgan fingerprint density at radius 3 is 2.30 bits per heavy atom. The normalized spacial score (nSPS) is 16.0. The molecule has 1 aliphatic heterocycles. The van der Waals surface area contributed by atoms with Crippen LogP contribution >= 0.6 is 0 Å². The summed E-state index contributed by atoms with van der Waals surface area (Å²) in [6.45, 7) is 6.57. The standard InChI is InChI=1S/C34H32F5N3O5/c1-40-24-9-10-26-27(20-42(28(26)18-24)19-22-6-4-3-5-7-22)32(45,33(35,36)34(37,38)39)21-41-14-12-25(13-15-41)47-29-11-8-23(17-31(43)44)16-30(29)46-2/h3-11,16,18,20,25,45H,12-15,17,19,21H2,2H3,(H,43,44). The zero-order chi connectivity index (χ0) is 34.0. The predicted molar refractivity (Wildman–Crippen MR) is 163 cm³/mol. The van der Waals surface area contributed by atoms with Gasteiger partial charge in [-0.25, -0.2) is 4.85 Å². The predicted octanol–water partition coefficient (Wildman–Crippen LogP) is 6.80. The van der Waals surface area contributed by atoms with Gasteiger partial charge in [-0.15, -0.1) is 0 Å². The van der Waals surface area contributed by atoms with Gasteiger partial charge in [-0.2, -0.15) is 22.0 Å². The number of carboxylic acid groups (broad SMARTS) is 1. The van der Waals surface area contributed by atoms with Crippen LogP contribution in [0, 0.1) is 6.57 Å². The number of likely N-dealkylation sites (tertiary alicyclic amines) is 1. The van der Waals surface area contributed by atoms with Gasteiger partial charge in [0.25, 0.3) is 0 Å². The van der Waals surface area contributed by atoms with Crippen molar-refractivity contribution >= 4 is 22.6 Å². The first-order chi connectivity index (χ1) is 22.3. The monoisotopic (exact) mass is 657 g/mol. The van der Waals surface area contributed by atoms with Gasteiger partial charge in [0.2, 0.25) is 0 Å². The van der Waals surface area contributed by atoms with Gasteiger partial charge >= 0.3 is 18.1 Å². The lowest BCUT2D eigenvalue weighted by Gasteiger charge is -2.42. The largest absolute Gasteiger partial charge is 0.493 e. The van der Waals surface area contributed by atoms with Gasteiger partial charge in [0.05, 0.1) is 20.1 Å². The van der Waals surface area contributed by atoms with Crippen molar-refractivity contribution in [2.75, 3.05) is 26.7 Å². The molecule has 13 heteroatoms. The van der Waals surface area contributed by atoms with Crippen molar-refractivity contribution in [1.29, 1.82) is 0 Å². The molecule has 1 saturated heterocycles. The number of hydrogen-bond donors (Lipinski definition) is 2. The Balaban J connectivity index is 1.43. The lowest BCUT2D eigenvalue weighted by atomic mass is 9.85. The molecule has 0 spiro atoms. The topological polar surface area (TPSA) is 88.5 Å². The second-order valence-electron chi connectivity index (χ2n) is 11.6. The van der Waals surface area contributed by atoms with Crippen LogP contribution in [0.3, 0.4) is 0 Å². The first kappa shape index (κ1) is 33.7. The number of aliphatic hydroxyl groups is 1. The summed E-state index contributed by atoms with van der Waals surface area (Å²) >= 11 is 0. The number of fused-ring (bicyclic) bond motifs is 1. The molecule has 0 saturated carbocycles. The highest BCUT2D eigenvalue weighted by atomic mass is 19.4. The van der Waals surface area contributed by atoms with E-state index in [9.17, 15) is 23.1 Å². The molecule has 0 amide bonds. The average Bonchev–Trinajstić information content (AvgIpc) is 3.40. The molecule has 47 heavy (non-hydrogen) atoms. The molecule has 1 unspecified atom stereocenters. The molecule has 2 N–H and O–H groups in total. The third kappa shape index (κ3) is 6.89. The average molecular weight is 658 g/mol. The fourth-order valence-electron chi connectivity index (χ4n) is 5.96. The van der Waals surface area contributed by atoms with Gasteiger partial charge in [0.1, 0.15) is 6.10 Å². The van der Waals surface area contributed by atoms with Gasteiger partial charge in [0.15, 0.2) is 22.8 Å². The molecule has 3 aromatic carbocycles. The fraction of sp³-hybridized carbons (Fsp3) is 0.353. The maximum Gasteiger partial charge on any atom is 0.456 e. The molecular formula is C34H32F5N3O5. The number of nitrogens with zero attached hydrogens (tertiary/aromatic N) is 3. The molecular weight excluding hydrogens is 625 g/mol. The van der Waals surface area contributed by atoms with E-state index in [1.807, 2.05) is 0 Å². The lowest BCUT2D eigenvalue weighted by molar-refractivity contribution is -0.348. The molecule has 5 rings (SSSR count). The van der Waals surface area contributed by atoms with Crippen LogP contribution in [-0.2, 0) is 23.4 Å². The maximum atomic E-state index is 15.6. The van der Waals surface area contributed by atoms with Gasteiger partial charge < -0.3 is 24.3 Å². The SMILES string of the molecule is [C-]#[N+]c1ccc2c(C(O)(CN3CCC(Oc4ccc(CC(=O)O)cc4OC)CC3)C(F)(F)C(F)(F)F)cn(Cc3ccccc3)c2c1. The van der Waals surface area contributed by atoms with Gasteiger partial charge in [-0.3, -0.25) is 9.69 Å². The Morgan fingerprint density at radius 1 is 0.979 bits per heavy atom. The van der Waals surface area contributed by atoms with E-state index in [-0.39, 0.29) is 55.5 Å². The molecule has 0 aliphatic carbocycles. The minimum atomic E-state index is -6.07. The number of piperidine rings is 1. The van der Waals surface area contributed by atoms with E-state index in [4.69, 9.17) is 21.2 Å². The van der Waals surface area contributed by atoms with Crippen molar-refractivity contribution in [1.82, 2.24) is 9.47 Å². The quantitative estimate of drug-likeness (QED) is 0.136. The summed E-state index contributed by atoms with van der Waals surface area (Å²) in [5.74, 6) is -5.91. The fourth-order valence-corrected chi connectivity index (χ4v) is 5.96. The van der Waals surface area contributed by atoms with Crippen molar-refractivity contribution in [3.05, 3.63) is 101 Å². The summed E-state index contributed by atoms with van der Waals surface area (Å²) in [7, 11) is 1.40. The Morgan fingerprint density at radius 2 is 1.68 bits per heavy atom. The minimum absolute atomic E-state index is 0.0172. The van der Waals surface area contributed by atoms with Crippen LogP contribution in [0.15, 0.2) is 72.9 Å². The van der Waals surface area contributed by atoms with Crippen LogP contribution in [-0.4, -0.2) is 70.6 Å². The molecule has 4 aromatic rings. The molecule has 1 fully saturated rings. The van der Waals surface area contributed by atoms with Crippen LogP contribution in [0.5, 0.6) is 11.5 Å². The maximum absolute atomic E-state index is 15.6. The van der Waals surface area contributed by atoms with E-state index >= 15 is 8.78 Å². The summed E-state index contributed by atoms with van der Waals surface area (Å²) < 4.78 is 86.2. The van der Waals surface area contributed by atoms with Crippen LogP contribution in [0.1, 0.15) is 29.5 Å². The number of carboxylic acids is 1. The van der Waals surface area contributed by atoms with E-state index in [1.54, 1.807) is 42.5 Å². The highest BCUT2D eigenvalue weighted by molar-refractivity contribution is 5.88. The third-order valence-electron chi connectivity index (χ3n) is 8.38. The summed E-state index contributed by atoms with van der Waals surface area (Å²) in [6.07, 6.45) is -5.11. The lowest BCUT2D eigenvalue weighted by Crippen LogP contribution is -2.60. The molecule has 0 bridgehead atoms. The second kappa shape index (κ2) is 13.2. The number of methoxy groups -OCH3 is 1. The van der Waals surface area contributed by atoms with Gasteiger partial charge in [0, 0.05) is 48.8 Å². The number of benzene rings is 3. The van der Waals surface area contributed by atoms with E-state index in [0.717, 1.165) is 11.8 Å². The van der Waals surface area contributed by atoms with Crippen molar-refractivity contribution in [2.45, 2.75) is 49.6 Å². The summed E-state index contributed by atoms with van der Waals surface area (Å²) in [4.78, 5) is 15.8. The Bertz CT molecular complexity index is 1780. The van der Waals surface area contributed by atoms with Crippen LogP contribution < -0.4 is 9.47 Å². The minimum Gasteiger partial charge on any atom is -0.493 e. The Labute approximate surface area is 267 Å². The first-order valence-electron chi connectivity index (χ1n) is 14.7. The first-order valence-corrected chi connectivity index (χ1v) is 14.7. The molecule has 1 aliphatic rings. The molecule has 2 heterocycles. The zero-order valence-electron chi connectivity index (χ0n) is 25.3. The molecule has 1 atom stereocenters. The number of carbonyl (C=O) groups is 1. The molecule has 8 nitrogen and oxygen atoms in total. The number of aromatic nitrogens is 1. The van der Waals surface area contributed by atoms with Crippen LogP contribution in [0.25, 0.3) is 15.7 Å². The summed E-state index contributed by atoms with van der Waals surface area (Å²) in [6, 6.07) is 17.6. The third-order valence-corrected chi connectivity index (χ3v) is 8.38. The number of halogens is 5. The number of alkyl halides is 5. The van der Waals surface area contributed by atoms with E-state index in [1.165, 1.54) is 40.8 Å². The smallest absolute Gasteiger partial charge is 0.456 e. The van der Waals surface area contributed by atoms with Gasteiger partial charge in [-0.05, 0) is 42.2 Å². The molecule has 248 valence electrons.